The molecule has 0 saturated carbocycles. The Labute approximate surface area is 134 Å². The van der Waals surface area contributed by atoms with E-state index >= 15 is 0 Å². The number of aromatic nitrogens is 3. The number of amides is 1. The van der Waals surface area contributed by atoms with Crippen molar-refractivity contribution in [1.82, 2.24) is 20.3 Å². The van der Waals surface area contributed by atoms with Crippen molar-refractivity contribution < 1.29 is 9.90 Å². The Morgan fingerprint density at radius 3 is 2.82 bits per heavy atom. The van der Waals surface area contributed by atoms with E-state index in [1.165, 1.54) is 0 Å². The number of carbonyl (C=O) groups excluding carboxylic acids is 1. The van der Waals surface area contributed by atoms with Crippen molar-refractivity contribution in [3.8, 4) is 0 Å². The van der Waals surface area contributed by atoms with Crippen molar-refractivity contribution in [3.05, 3.63) is 46.7 Å². The number of nitrogens with one attached hydrogen (secondary N) is 1. The molecule has 0 aliphatic rings. The number of rotatable bonds is 6. The average Bonchev–Trinajstić information content (AvgIpc) is 2.96. The molecule has 0 atom stereocenters. The second-order valence-corrected chi connectivity index (χ2v) is 6.30. The van der Waals surface area contributed by atoms with Crippen LogP contribution in [0.3, 0.4) is 0 Å². The van der Waals surface area contributed by atoms with Gasteiger partial charge in [-0.2, -0.15) is 0 Å². The van der Waals surface area contributed by atoms with Crippen LogP contribution in [0, 0.1) is 5.41 Å². The number of hydrogen-bond acceptors (Lipinski definition) is 4. The van der Waals surface area contributed by atoms with E-state index in [4.69, 9.17) is 11.6 Å². The Balaban J connectivity index is 1.99. The van der Waals surface area contributed by atoms with Gasteiger partial charge in [-0.25, -0.2) is 4.68 Å². The molecule has 1 aromatic carbocycles. The number of hydrogen-bond donors (Lipinski definition) is 2. The summed E-state index contributed by atoms with van der Waals surface area (Å²) in [6.45, 7) is 4.53. The quantitative estimate of drug-likeness (QED) is 0.848. The fourth-order valence-electron chi connectivity index (χ4n) is 1.75. The Morgan fingerprint density at radius 1 is 1.41 bits per heavy atom. The highest BCUT2D eigenvalue weighted by molar-refractivity contribution is 6.31. The van der Waals surface area contributed by atoms with E-state index in [0.717, 1.165) is 5.56 Å². The Morgan fingerprint density at radius 2 is 2.14 bits per heavy atom. The van der Waals surface area contributed by atoms with Crippen LogP contribution in [0.2, 0.25) is 5.02 Å². The van der Waals surface area contributed by atoms with E-state index in [-0.39, 0.29) is 23.6 Å². The lowest BCUT2D eigenvalue weighted by molar-refractivity contribution is 0.0906. The van der Waals surface area contributed by atoms with Crippen molar-refractivity contribution in [3.63, 3.8) is 0 Å². The molecule has 22 heavy (non-hydrogen) atoms. The third-order valence-electron chi connectivity index (χ3n) is 3.22. The van der Waals surface area contributed by atoms with Gasteiger partial charge < -0.3 is 10.4 Å². The largest absolute Gasteiger partial charge is 0.396 e. The minimum Gasteiger partial charge on any atom is -0.396 e. The maximum absolute atomic E-state index is 12.0. The molecule has 0 spiro atoms. The van der Waals surface area contributed by atoms with E-state index in [0.29, 0.717) is 18.1 Å². The lowest BCUT2D eigenvalue weighted by atomic mass is 9.95. The van der Waals surface area contributed by atoms with Crippen LogP contribution in [0.4, 0.5) is 0 Å². The molecule has 1 heterocycles. The summed E-state index contributed by atoms with van der Waals surface area (Å²) in [6, 6.07) is 7.45. The van der Waals surface area contributed by atoms with Crippen LogP contribution in [0.5, 0.6) is 0 Å². The van der Waals surface area contributed by atoms with Crippen LogP contribution in [0.15, 0.2) is 30.5 Å². The van der Waals surface area contributed by atoms with Gasteiger partial charge >= 0.3 is 0 Å². The van der Waals surface area contributed by atoms with Crippen molar-refractivity contribution in [2.24, 2.45) is 5.41 Å². The smallest absolute Gasteiger partial charge is 0.273 e. The third kappa shape index (κ3) is 4.29. The standard InChI is InChI=1S/C15H19ClN4O2/c1-15(2,10-21)9-17-14(22)13-8-20(19-18-13)7-11-5-3-4-6-12(11)16/h3-6,8,21H,7,9-10H2,1-2H3,(H,17,22). The summed E-state index contributed by atoms with van der Waals surface area (Å²) in [5.74, 6) is -0.313. The Kier molecular flexibility index (Phi) is 5.15. The van der Waals surface area contributed by atoms with Gasteiger partial charge in [0.1, 0.15) is 0 Å². The minimum absolute atomic E-state index is 0.00746. The molecule has 0 unspecified atom stereocenters. The molecule has 6 nitrogen and oxygen atoms in total. The van der Waals surface area contributed by atoms with Gasteiger partial charge in [0.15, 0.2) is 5.69 Å². The summed E-state index contributed by atoms with van der Waals surface area (Å²) in [5.41, 5.74) is 0.770. The summed E-state index contributed by atoms with van der Waals surface area (Å²) < 4.78 is 1.56. The van der Waals surface area contributed by atoms with Crippen molar-refractivity contribution in [1.29, 1.82) is 0 Å². The van der Waals surface area contributed by atoms with Gasteiger partial charge in [-0.1, -0.05) is 48.9 Å². The first kappa shape index (κ1) is 16.5. The van der Waals surface area contributed by atoms with Gasteiger partial charge in [0, 0.05) is 23.6 Å². The van der Waals surface area contributed by atoms with Gasteiger partial charge in [0.2, 0.25) is 0 Å². The normalized spacial score (nSPS) is 11.5. The third-order valence-corrected chi connectivity index (χ3v) is 3.59. The molecule has 0 aliphatic heterocycles. The summed E-state index contributed by atoms with van der Waals surface area (Å²) in [6.07, 6.45) is 1.57. The second-order valence-electron chi connectivity index (χ2n) is 5.90. The molecule has 1 aromatic heterocycles. The molecule has 7 heteroatoms. The molecule has 0 fully saturated rings. The molecule has 2 N–H and O–H groups in total. The summed E-state index contributed by atoms with van der Waals surface area (Å²) in [5, 5.41) is 20.4. The monoisotopic (exact) mass is 322 g/mol. The zero-order valence-corrected chi connectivity index (χ0v) is 13.3. The predicted octanol–water partition coefficient (Wildman–Crippen LogP) is 1.73. The summed E-state index contributed by atoms with van der Waals surface area (Å²) >= 11 is 6.09. The maximum atomic E-state index is 12.0. The molecule has 2 aromatic rings. The van der Waals surface area contributed by atoms with E-state index in [9.17, 15) is 9.90 Å². The van der Waals surface area contributed by atoms with Crippen LogP contribution in [-0.4, -0.2) is 39.2 Å². The number of aliphatic hydroxyl groups is 1. The van der Waals surface area contributed by atoms with Gasteiger partial charge in [0.05, 0.1) is 12.7 Å². The van der Waals surface area contributed by atoms with Crippen LogP contribution in [0.25, 0.3) is 0 Å². The number of benzene rings is 1. The topological polar surface area (TPSA) is 80.0 Å². The predicted molar refractivity (Wildman–Crippen MR) is 83.8 cm³/mol. The highest BCUT2D eigenvalue weighted by Crippen LogP contribution is 2.16. The molecule has 2 rings (SSSR count). The molecule has 118 valence electrons. The zero-order chi connectivity index (χ0) is 16.2. The molecule has 0 saturated heterocycles. The van der Waals surface area contributed by atoms with Crippen molar-refractivity contribution in [2.45, 2.75) is 20.4 Å². The van der Waals surface area contributed by atoms with Crippen LogP contribution in [0.1, 0.15) is 29.9 Å². The first-order chi connectivity index (χ1) is 10.4. The van der Waals surface area contributed by atoms with E-state index in [2.05, 4.69) is 15.6 Å². The number of nitrogens with zero attached hydrogens (tertiary/aromatic N) is 3. The SMILES string of the molecule is CC(C)(CO)CNC(=O)c1cn(Cc2ccccc2Cl)nn1. The maximum Gasteiger partial charge on any atom is 0.273 e. The number of aliphatic hydroxyl groups excluding tert-OH is 1. The van der Waals surface area contributed by atoms with E-state index in [1.807, 2.05) is 32.0 Å². The minimum atomic E-state index is -0.372. The van der Waals surface area contributed by atoms with Gasteiger partial charge in [0.25, 0.3) is 5.91 Å². The van der Waals surface area contributed by atoms with Gasteiger partial charge in [-0.15, -0.1) is 5.10 Å². The lowest BCUT2D eigenvalue weighted by Crippen LogP contribution is -2.36. The van der Waals surface area contributed by atoms with E-state index < -0.39 is 0 Å². The Hall–Kier alpha value is -1.92. The number of carbonyl (C=O) groups is 1. The van der Waals surface area contributed by atoms with Crippen LogP contribution >= 0.6 is 11.6 Å². The second kappa shape index (κ2) is 6.89. The highest BCUT2D eigenvalue weighted by Gasteiger charge is 2.19. The van der Waals surface area contributed by atoms with Gasteiger partial charge in [-0.05, 0) is 11.6 Å². The zero-order valence-electron chi connectivity index (χ0n) is 12.6. The molecule has 0 aliphatic carbocycles. The van der Waals surface area contributed by atoms with Crippen molar-refractivity contribution >= 4 is 17.5 Å². The first-order valence-corrected chi connectivity index (χ1v) is 7.32. The summed E-state index contributed by atoms with van der Waals surface area (Å²) in [7, 11) is 0. The molecule has 0 radical (unpaired) electrons. The lowest BCUT2D eigenvalue weighted by Gasteiger charge is -2.21. The molecular weight excluding hydrogens is 304 g/mol. The number of halogens is 1. The van der Waals surface area contributed by atoms with E-state index in [1.54, 1.807) is 16.9 Å². The van der Waals surface area contributed by atoms with Crippen LogP contribution < -0.4 is 5.32 Å². The molecule has 1 amide bonds. The Bertz CT molecular complexity index is 654. The molecule has 0 bridgehead atoms. The van der Waals surface area contributed by atoms with Gasteiger partial charge in [-0.3, -0.25) is 4.79 Å². The summed E-state index contributed by atoms with van der Waals surface area (Å²) in [4.78, 5) is 12.0. The molecular formula is C15H19ClN4O2. The highest BCUT2D eigenvalue weighted by atomic mass is 35.5. The average molecular weight is 323 g/mol. The fourth-order valence-corrected chi connectivity index (χ4v) is 1.94. The first-order valence-electron chi connectivity index (χ1n) is 6.94. The van der Waals surface area contributed by atoms with Crippen LogP contribution in [-0.2, 0) is 6.54 Å². The fraction of sp³-hybridized carbons (Fsp3) is 0.400. The van der Waals surface area contributed by atoms with Crippen molar-refractivity contribution in [2.75, 3.05) is 13.2 Å².